The average Bonchev–Trinajstić information content (AvgIpc) is 2.37. The van der Waals surface area contributed by atoms with E-state index in [-0.39, 0.29) is 23.2 Å². The van der Waals surface area contributed by atoms with Gasteiger partial charge in [-0.15, -0.1) is 0 Å². The Morgan fingerprint density at radius 3 is 2.74 bits per heavy atom. The van der Waals surface area contributed by atoms with Gasteiger partial charge < -0.3 is 9.67 Å². The van der Waals surface area contributed by atoms with Crippen LogP contribution in [0.5, 0.6) is 0 Å². The average molecular weight is 261 g/mol. The van der Waals surface area contributed by atoms with Crippen molar-refractivity contribution in [2.75, 3.05) is 0 Å². The Kier molecular flexibility index (Phi) is 3.46. The van der Waals surface area contributed by atoms with Crippen LogP contribution in [0.15, 0.2) is 41.3 Å². The summed E-state index contributed by atoms with van der Waals surface area (Å²) in [6.07, 6.45) is 1.57. The van der Waals surface area contributed by atoms with Crippen molar-refractivity contribution in [3.05, 3.63) is 69.4 Å². The van der Waals surface area contributed by atoms with E-state index in [1.807, 2.05) is 0 Å². The highest BCUT2D eigenvalue weighted by atomic mass is 19.1. The Morgan fingerprint density at radius 2 is 2.11 bits per heavy atom. The number of aromatic carboxylic acids is 1. The topological polar surface area (TPSA) is 59.3 Å². The summed E-state index contributed by atoms with van der Waals surface area (Å²) >= 11 is 0. The van der Waals surface area contributed by atoms with Gasteiger partial charge in [-0.1, -0.05) is 12.1 Å². The number of benzene rings is 1. The highest BCUT2D eigenvalue weighted by Crippen LogP contribution is 2.11. The van der Waals surface area contributed by atoms with Gasteiger partial charge in [-0.3, -0.25) is 4.79 Å². The summed E-state index contributed by atoms with van der Waals surface area (Å²) in [7, 11) is 0. The number of hydrogen-bond acceptors (Lipinski definition) is 2. The molecule has 0 aliphatic rings. The zero-order valence-corrected chi connectivity index (χ0v) is 10.3. The van der Waals surface area contributed by atoms with Crippen molar-refractivity contribution in [3.63, 3.8) is 0 Å². The first-order chi connectivity index (χ1) is 8.99. The molecule has 0 aliphatic heterocycles. The van der Waals surface area contributed by atoms with Crippen LogP contribution in [0.4, 0.5) is 4.39 Å². The van der Waals surface area contributed by atoms with Crippen LogP contribution in [0, 0.1) is 12.7 Å². The maximum Gasteiger partial charge on any atom is 0.335 e. The Morgan fingerprint density at radius 1 is 1.37 bits per heavy atom. The number of nitrogens with zero attached hydrogens (tertiary/aromatic N) is 1. The molecule has 1 heterocycles. The maximum atomic E-state index is 13.7. The van der Waals surface area contributed by atoms with Crippen LogP contribution in [-0.4, -0.2) is 15.6 Å². The van der Waals surface area contributed by atoms with Crippen molar-refractivity contribution in [1.29, 1.82) is 0 Å². The van der Waals surface area contributed by atoms with Crippen molar-refractivity contribution in [3.8, 4) is 0 Å². The van der Waals surface area contributed by atoms with Crippen molar-refractivity contribution in [2.24, 2.45) is 0 Å². The Labute approximate surface area is 108 Å². The minimum Gasteiger partial charge on any atom is -0.478 e. The van der Waals surface area contributed by atoms with Crippen molar-refractivity contribution < 1.29 is 14.3 Å². The van der Waals surface area contributed by atoms with E-state index in [9.17, 15) is 14.0 Å². The molecular weight excluding hydrogens is 249 g/mol. The normalized spacial score (nSPS) is 10.4. The lowest BCUT2D eigenvalue weighted by molar-refractivity contribution is 0.0696. The lowest BCUT2D eigenvalue weighted by Crippen LogP contribution is -2.22. The van der Waals surface area contributed by atoms with Gasteiger partial charge in [-0.2, -0.15) is 0 Å². The van der Waals surface area contributed by atoms with Crippen molar-refractivity contribution >= 4 is 5.97 Å². The molecule has 0 saturated carbocycles. The monoisotopic (exact) mass is 261 g/mol. The maximum absolute atomic E-state index is 13.7. The summed E-state index contributed by atoms with van der Waals surface area (Å²) in [4.78, 5) is 22.5. The number of carboxylic acid groups (broad SMARTS) is 1. The Hall–Kier alpha value is -2.43. The molecule has 0 bridgehead atoms. The van der Waals surface area contributed by atoms with Gasteiger partial charge in [-0.25, -0.2) is 9.18 Å². The van der Waals surface area contributed by atoms with E-state index in [0.29, 0.717) is 5.56 Å². The smallest absolute Gasteiger partial charge is 0.335 e. The van der Waals surface area contributed by atoms with E-state index < -0.39 is 11.8 Å². The Balaban J connectivity index is 2.36. The van der Waals surface area contributed by atoms with Gasteiger partial charge in [0, 0.05) is 17.3 Å². The Bertz CT molecular complexity index is 691. The second kappa shape index (κ2) is 5.06. The zero-order chi connectivity index (χ0) is 14.0. The minimum absolute atomic E-state index is 0.0756. The lowest BCUT2D eigenvalue weighted by atomic mass is 10.1. The summed E-state index contributed by atoms with van der Waals surface area (Å²) in [6, 6.07) is 7.05. The summed E-state index contributed by atoms with van der Waals surface area (Å²) in [5.41, 5.74) is 0.546. The molecule has 2 aromatic rings. The SMILES string of the molecule is Cc1cccn(Cc2ccc(C(=O)O)cc2F)c1=O. The molecule has 5 heteroatoms. The van der Waals surface area contributed by atoms with Gasteiger partial charge in [-0.05, 0) is 25.1 Å². The van der Waals surface area contributed by atoms with E-state index in [1.165, 1.54) is 16.7 Å². The van der Waals surface area contributed by atoms with Crippen LogP contribution in [-0.2, 0) is 6.54 Å². The predicted octanol–water partition coefficient (Wildman–Crippen LogP) is 2.04. The molecule has 1 N–H and O–H groups in total. The molecule has 0 spiro atoms. The van der Waals surface area contributed by atoms with Crippen LogP contribution >= 0.6 is 0 Å². The summed E-state index contributed by atoms with van der Waals surface area (Å²) in [5.74, 6) is -1.81. The lowest BCUT2D eigenvalue weighted by Gasteiger charge is -2.08. The number of aryl methyl sites for hydroxylation is 1. The molecule has 1 aromatic heterocycles. The van der Waals surface area contributed by atoms with Crippen molar-refractivity contribution in [1.82, 2.24) is 4.57 Å². The third kappa shape index (κ3) is 2.70. The van der Waals surface area contributed by atoms with Crippen LogP contribution in [0.2, 0.25) is 0 Å². The van der Waals surface area contributed by atoms with E-state index in [1.54, 1.807) is 25.3 Å². The van der Waals surface area contributed by atoms with Crippen LogP contribution in [0.25, 0.3) is 0 Å². The molecule has 1 aromatic carbocycles. The predicted molar refractivity (Wildman–Crippen MR) is 67.9 cm³/mol. The first kappa shape index (κ1) is 13.0. The van der Waals surface area contributed by atoms with E-state index >= 15 is 0 Å². The molecule has 0 unspecified atom stereocenters. The molecule has 0 aliphatic carbocycles. The fourth-order valence-corrected chi connectivity index (χ4v) is 1.77. The van der Waals surface area contributed by atoms with Gasteiger partial charge in [0.25, 0.3) is 5.56 Å². The third-order valence-corrected chi connectivity index (χ3v) is 2.85. The number of hydrogen-bond donors (Lipinski definition) is 1. The third-order valence-electron chi connectivity index (χ3n) is 2.85. The van der Waals surface area contributed by atoms with Gasteiger partial charge in [0.1, 0.15) is 5.82 Å². The summed E-state index contributed by atoms with van der Waals surface area (Å²) < 4.78 is 15.1. The van der Waals surface area contributed by atoms with Gasteiger partial charge in [0.15, 0.2) is 0 Å². The molecular formula is C14H12FNO3. The molecule has 19 heavy (non-hydrogen) atoms. The first-order valence-corrected chi connectivity index (χ1v) is 5.67. The molecule has 0 radical (unpaired) electrons. The van der Waals surface area contributed by atoms with Crippen LogP contribution < -0.4 is 5.56 Å². The molecule has 4 nitrogen and oxygen atoms in total. The molecule has 0 amide bonds. The number of aromatic nitrogens is 1. The number of carboxylic acids is 1. The first-order valence-electron chi connectivity index (χ1n) is 5.67. The van der Waals surface area contributed by atoms with Crippen molar-refractivity contribution in [2.45, 2.75) is 13.5 Å². The van der Waals surface area contributed by atoms with Gasteiger partial charge in [0.2, 0.25) is 0 Å². The standard InChI is InChI=1S/C14H12FNO3/c1-9-3-2-6-16(13(9)17)8-11-5-4-10(14(18)19)7-12(11)15/h2-7H,8H2,1H3,(H,18,19). The second-order valence-corrected chi connectivity index (χ2v) is 4.24. The van der Waals surface area contributed by atoms with Gasteiger partial charge in [0.05, 0.1) is 12.1 Å². The highest BCUT2D eigenvalue weighted by molar-refractivity contribution is 5.87. The number of pyridine rings is 1. The molecule has 0 fully saturated rings. The second-order valence-electron chi connectivity index (χ2n) is 4.24. The molecule has 2 rings (SSSR count). The van der Waals surface area contributed by atoms with E-state index in [2.05, 4.69) is 0 Å². The number of halogens is 1. The molecule has 0 atom stereocenters. The summed E-state index contributed by atoms with van der Waals surface area (Å²) in [5, 5.41) is 8.75. The van der Waals surface area contributed by atoms with E-state index in [4.69, 9.17) is 5.11 Å². The fraction of sp³-hybridized carbons (Fsp3) is 0.143. The number of rotatable bonds is 3. The van der Waals surface area contributed by atoms with Crippen LogP contribution in [0.3, 0.4) is 0 Å². The highest BCUT2D eigenvalue weighted by Gasteiger charge is 2.09. The minimum atomic E-state index is -1.18. The van der Waals surface area contributed by atoms with Crippen LogP contribution in [0.1, 0.15) is 21.5 Å². The fourth-order valence-electron chi connectivity index (χ4n) is 1.77. The number of carbonyl (C=O) groups is 1. The largest absolute Gasteiger partial charge is 0.478 e. The summed E-state index contributed by atoms with van der Waals surface area (Å²) in [6.45, 7) is 1.76. The zero-order valence-electron chi connectivity index (χ0n) is 10.3. The molecule has 98 valence electrons. The van der Waals surface area contributed by atoms with E-state index in [0.717, 1.165) is 6.07 Å². The molecule has 0 saturated heterocycles. The quantitative estimate of drug-likeness (QED) is 0.919. The van der Waals surface area contributed by atoms with Gasteiger partial charge >= 0.3 is 5.97 Å².